The van der Waals surface area contributed by atoms with Gasteiger partial charge in [0.05, 0.1) is 6.04 Å². The lowest BCUT2D eigenvalue weighted by atomic mass is 10.1. The summed E-state index contributed by atoms with van der Waals surface area (Å²) in [5.41, 5.74) is 7.89. The largest absolute Gasteiger partial charge is 0.377 e. The summed E-state index contributed by atoms with van der Waals surface area (Å²) in [7, 11) is 0. The molecule has 0 fully saturated rings. The molecule has 0 bridgehead atoms. The molecule has 0 saturated carbocycles. The van der Waals surface area contributed by atoms with Crippen LogP contribution in [0.1, 0.15) is 11.6 Å². The van der Waals surface area contributed by atoms with E-state index in [1.54, 1.807) is 0 Å². The summed E-state index contributed by atoms with van der Waals surface area (Å²) in [6.45, 7) is 0.475. The molecule has 2 aromatic rings. The van der Waals surface area contributed by atoms with Crippen molar-refractivity contribution >= 4 is 44.8 Å². The summed E-state index contributed by atoms with van der Waals surface area (Å²) in [5, 5.41) is 4.78. The van der Waals surface area contributed by atoms with Gasteiger partial charge in [-0.25, -0.2) is 0 Å². The Labute approximate surface area is 131 Å². The zero-order valence-corrected chi connectivity index (χ0v) is 13.1. The molecule has 3 N–H and O–H groups in total. The lowest BCUT2D eigenvalue weighted by Crippen LogP contribution is -2.21. The molecule has 1 atom stereocenters. The van der Waals surface area contributed by atoms with E-state index >= 15 is 0 Å². The van der Waals surface area contributed by atoms with E-state index < -0.39 is 0 Å². The molecule has 0 aliphatic rings. The van der Waals surface area contributed by atoms with E-state index in [4.69, 9.17) is 28.9 Å². The highest BCUT2D eigenvalue weighted by atomic mass is 79.9. The summed E-state index contributed by atoms with van der Waals surface area (Å²) >= 11 is 15.3. The Balaban J connectivity index is 2.22. The molecule has 0 aliphatic heterocycles. The maximum Gasteiger partial charge on any atom is 0.0647 e. The fraction of sp³-hybridized carbons (Fsp3) is 0.143. The van der Waals surface area contributed by atoms with Crippen LogP contribution in [-0.4, -0.2) is 6.54 Å². The van der Waals surface area contributed by atoms with Crippen molar-refractivity contribution in [3.05, 3.63) is 62.5 Å². The van der Waals surface area contributed by atoms with E-state index in [1.165, 1.54) is 0 Å². The topological polar surface area (TPSA) is 38.0 Å². The van der Waals surface area contributed by atoms with E-state index in [0.717, 1.165) is 15.7 Å². The van der Waals surface area contributed by atoms with E-state index in [0.29, 0.717) is 16.6 Å². The first-order valence-electron chi connectivity index (χ1n) is 5.77. The second kappa shape index (κ2) is 6.62. The predicted octanol–water partition coefficient (Wildman–Crippen LogP) is 4.87. The standard InChI is InChI=1S/C14H13BrCl2N2/c15-13-7-10(17)3-6-12(13)14(8-18)19-11-4-1-9(16)2-5-11/h1-7,14,19H,8,18H2. The van der Waals surface area contributed by atoms with Crippen molar-refractivity contribution in [1.29, 1.82) is 0 Å². The molecule has 0 heterocycles. The van der Waals surface area contributed by atoms with Crippen LogP contribution in [0.25, 0.3) is 0 Å². The van der Waals surface area contributed by atoms with Crippen LogP contribution in [0.2, 0.25) is 10.0 Å². The first-order chi connectivity index (χ1) is 9.10. The van der Waals surface area contributed by atoms with Crippen molar-refractivity contribution in [1.82, 2.24) is 0 Å². The first kappa shape index (κ1) is 14.7. The van der Waals surface area contributed by atoms with Crippen LogP contribution < -0.4 is 11.1 Å². The molecule has 0 aliphatic carbocycles. The smallest absolute Gasteiger partial charge is 0.0647 e. The molecule has 2 rings (SSSR count). The molecule has 0 saturated heterocycles. The highest BCUT2D eigenvalue weighted by Gasteiger charge is 2.13. The minimum Gasteiger partial charge on any atom is -0.377 e. The summed E-state index contributed by atoms with van der Waals surface area (Å²) in [4.78, 5) is 0. The molecular weight excluding hydrogens is 347 g/mol. The van der Waals surface area contributed by atoms with Gasteiger partial charge in [0, 0.05) is 26.8 Å². The van der Waals surface area contributed by atoms with E-state index in [-0.39, 0.29) is 6.04 Å². The SMILES string of the molecule is NCC(Nc1ccc(Cl)cc1)c1ccc(Cl)cc1Br. The molecule has 100 valence electrons. The molecular formula is C14H13BrCl2N2. The minimum atomic E-state index is 0.00724. The molecule has 5 heteroatoms. The number of anilines is 1. The van der Waals surface area contributed by atoms with Crippen LogP contribution in [0.15, 0.2) is 46.9 Å². The predicted molar refractivity (Wildman–Crippen MR) is 86.0 cm³/mol. The van der Waals surface area contributed by atoms with Crippen LogP contribution in [0.5, 0.6) is 0 Å². The number of halogens is 3. The van der Waals surface area contributed by atoms with Gasteiger partial charge < -0.3 is 11.1 Å². The molecule has 0 amide bonds. The first-order valence-corrected chi connectivity index (χ1v) is 7.32. The number of benzene rings is 2. The van der Waals surface area contributed by atoms with Crippen molar-refractivity contribution in [3.63, 3.8) is 0 Å². The Morgan fingerprint density at radius 3 is 2.26 bits per heavy atom. The van der Waals surface area contributed by atoms with Gasteiger partial charge in [-0.2, -0.15) is 0 Å². The number of rotatable bonds is 4. The van der Waals surface area contributed by atoms with Crippen LogP contribution in [-0.2, 0) is 0 Å². The minimum absolute atomic E-state index is 0.00724. The summed E-state index contributed by atoms with van der Waals surface area (Å²) in [6, 6.07) is 13.2. The van der Waals surface area contributed by atoms with Crippen molar-refractivity contribution in [2.24, 2.45) is 5.73 Å². The Bertz CT molecular complexity index is 558. The number of hydrogen-bond acceptors (Lipinski definition) is 2. The van der Waals surface area contributed by atoms with Gasteiger partial charge in [0.2, 0.25) is 0 Å². The molecule has 0 radical (unpaired) electrons. The molecule has 0 aromatic heterocycles. The maximum absolute atomic E-state index is 5.95. The average Bonchev–Trinajstić information content (AvgIpc) is 2.39. The quantitative estimate of drug-likeness (QED) is 0.817. The lowest BCUT2D eigenvalue weighted by Gasteiger charge is -2.20. The Kier molecular flexibility index (Phi) is 5.11. The van der Waals surface area contributed by atoms with Crippen molar-refractivity contribution in [2.45, 2.75) is 6.04 Å². The van der Waals surface area contributed by atoms with Gasteiger partial charge in [-0.15, -0.1) is 0 Å². The van der Waals surface area contributed by atoms with Gasteiger partial charge in [-0.05, 0) is 42.0 Å². The third kappa shape index (κ3) is 3.86. The summed E-state index contributed by atoms with van der Waals surface area (Å²) in [5.74, 6) is 0. The van der Waals surface area contributed by atoms with Gasteiger partial charge in [0.15, 0.2) is 0 Å². The lowest BCUT2D eigenvalue weighted by molar-refractivity contribution is 0.786. The molecule has 2 aromatic carbocycles. The van der Waals surface area contributed by atoms with Gasteiger partial charge >= 0.3 is 0 Å². The second-order valence-electron chi connectivity index (χ2n) is 4.11. The number of nitrogens with one attached hydrogen (secondary N) is 1. The molecule has 0 spiro atoms. The van der Waals surface area contributed by atoms with Crippen LogP contribution in [0, 0.1) is 0 Å². The van der Waals surface area contributed by atoms with Crippen molar-refractivity contribution in [3.8, 4) is 0 Å². The van der Waals surface area contributed by atoms with Gasteiger partial charge in [-0.3, -0.25) is 0 Å². The van der Waals surface area contributed by atoms with Crippen LogP contribution >= 0.6 is 39.1 Å². The number of hydrogen-bond donors (Lipinski definition) is 2. The zero-order chi connectivity index (χ0) is 13.8. The van der Waals surface area contributed by atoms with E-state index in [2.05, 4.69) is 21.2 Å². The second-order valence-corrected chi connectivity index (χ2v) is 5.83. The van der Waals surface area contributed by atoms with E-state index in [9.17, 15) is 0 Å². The van der Waals surface area contributed by atoms with Gasteiger partial charge in [-0.1, -0.05) is 45.2 Å². The monoisotopic (exact) mass is 358 g/mol. The molecule has 19 heavy (non-hydrogen) atoms. The van der Waals surface area contributed by atoms with Crippen LogP contribution in [0.3, 0.4) is 0 Å². The average molecular weight is 360 g/mol. The van der Waals surface area contributed by atoms with E-state index in [1.807, 2.05) is 42.5 Å². The highest BCUT2D eigenvalue weighted by molar-refractivity contribution is 9.10. The Morgan fingerprint density at radius 2 is 1.68 bits per heavy atom. The fourth-order valence-corrected chi connectivity index (χ4v) is 2.88. The van der Waals surface area contributed by atoms with Crippen LogP contribution in [0.4, 0.5) is 5.69 Å². The maximum atomic E-state index is 5.95. The Morgan fingerprint density at radius 1 is 1.05 bits per heavy atom. The summed E-state index contributed by atoms with van der Waals surface area (Å²) in [6.07, 6.45) is 0. The highest BCUT2D eigenvalue weighted by Crippen LogP contribution is 2.28. The zero-order valence-electron chi connectivity index (χ0n) is 10.0. The third-order valence-corrected chi connectivity index (χ3v) is 3.93. The molecule has 1 unspecified atom stereocenters. The van der Waals surface area contributed by atoms with Gasteiger partial charge in [0.25, 0.3) is 0 Å². The fourth-order valence-electron chi connectivity index (χ4n) is 1.80. The van der Waals surface area contributed by atoms with Gasteiger partial charge in [0.1, 0.15) is 0 Å². The summed E-state index contributed by atoms with van der Waals surface area (Å²) < 4.78 is 0.942. The Hall–Kier alpha value is -0.740. The van der Waals surface area contributed by atoms with Crippen molar-refractivity contribution in [2.75, 3.05) is 11.9 Å². The third-order valence-electron chi connectivity index (χ3n) is 2.76. The molecule has 2 nitrogen and oxygen atoms in total. The normalized spacial score (nSPS) is 12.2. The number of nitrogens with two attached hydrogens (primary N) is 1. The van der Waals surface area contributed by atoms with Crippen molar-refractivity contribution < 1.29 is 0 Å².